The second kappa shape index (κ2) is 14.0. The molecule has 14 nitrogen and oxygen atoms in total. The van der Waals surface area contributed by atoms with E-state index in [0.29, 0.717) is 30.5 Å². The molecular formula is C22H30B2N8O6. The molecule has 0 bridgehead atoms. The summed E-state index contributed by atoms with van der Waals surface area (Å²) in [5.74, 6) is 7.55. The Morgan fingerprint density at radius 2 is 1.76 bits per heavy atom. The quantitative estimate of drug-likeness (QED) is 0.0911. The van der Waals surface area contributed by atoms with Gasteiger partial charge in [0.2, 0.25) is 11.9 Å². The predicted molar refractivity (Wildman–Crippen MR) is 146 cm³/mol. The number of hydrogen-bond acceptors (Lipinski definition) is 14. The third-order valence-electron chi connectivity index (χ3n) is 5.51. The van der Waals surface area contributed by atoms with Gasteiger partial charge in [0.05, 0.1) is 33.5 Å². The second-order valence-electron chi connectivity index (χ2n) is 7.88. The van der Waals surface area contributed by atoms with Crippen molar-refractivity contribution >= 4 is 49.5 Å². The number of aliphatic imine (C=N–C) groups is 2. The fourth-order valence-electron chi connectivity index (χ4n) is 3.57. The second-order valence-corrected chi connectivity index (χ2v) is 7.88. The lowest BCUT2D eigenvalue weighted by Gasteiger charge is -2.26. The molecule has 3 heterocycles. The van der Waals surface area contributed by atoms with Crippen LogP contribution in [-0.4, -0.2) is 99.0 Å². The van der Waals surface area contributed by atoms with E-state index in [1.165, 1.54) is 24.2 Å². The van der Waals surface area contributed by atoms with Gasteiger partial charge in [-0.1, -0.05) is 12.1 Å². The molecule has 0 saturated carbocycles. The Kier molecular flexibility index (Phi) is 10.5. The number of ether oxygens (including phenoxy) is 2. The van der Waals surface area contributed by atoms with Gasteiger partial charge in [-0.25, -0.2) is 10.8 Å². The normalized spacial score (nSPS) is 14.8. The number of guanidine groups is 2. The summed E-state index contributed by atoms with van der Waals surface area (Å²) in [4.78, 5) is 20.2. The molecule has 38 heavy (non-hydrogen) atoms. The molecule has 16 heteroatoms. The largest absolute Gasteiger partial charge is 0.497 e. The first-order valence-electron chi connectivity index (χ1n) is 11.6. The van der Waals surface area contributed by atoms with Gasteiger partial charge in [-0.3, -0.25) is 20.2 Å². The molecule has 3 aliphatic rings. The van der Waals surface area contributed by atoms with Gasteiger partial charge in [0.25, 0.3) is 0 Å². The van der Waals surface area contributed by atoms with Gasteiger partial charge in [0.15, 0.2) is 0 Å². The molecule has 5 rings (SSSR count). The van der Waals surface area contributed by atoms with Gasteiger partial charge in [-0.05, 0) is 40.8 Å². The summed E-state index contributed by atoms with van der Waals surface area (Å²) in [5.41, 5.74) is 4.45. The molecule has 2 aromatic carbocycles. The van der Waals surface area contributed by atoms with E-state index < -0.39 is 14.2 Å². The van der Waals surface area contributed by atoms with Gasteiger partial charge in [-0.2, -0.15) is 5.10 Å². The summed E-state index contributed by atoms with van der Waals surface area (Å²) in [6, 6.07) is 9.95. The van der Waals surface area contributed by atoms with Crippen molar-refractivity contribution in [2.75, 3.05) is 40.4 Å². The molecular weight excluding hydrogens is 494 g/mol. The standard InChI is InChI=1S/C11H13BN4O2.C8H9BO4.C3H8N4/c1-18-9-2-3-10-8(6-9)7-15-16(12(10)17)11-13-4-5-14-11;1-13-7-2-3-8(9(11)12)6(4-7)5-10;4-7-3-5-1-2-6-3/h2-3,6-7,17H,4-5H2,1H3,(H,13,14);2-5,11-12H,1H3;1-2,4H2,(H2,5,6,7). The highest BCUT2D eigenvalue weighted by molar-refractivity contribution is 6.67. The minimum Gasteiger partial charge on any atom is -0.497 e. The number of methoxy groups -OCH3 is 2. The van der Waals surface area contributed by atoms with Crippen LogP contribution < -0.4 is 42.3 Å². The van der Waals surface area contributed by atoms with E-state index in [1.807, 2.05) is 18.2 Å². The van der Waals surface area contributed by atoms with Gasteiger partial charge in [0, 0.05) is 18.7 Å². The van der Waals surface area contributed by atoms with Crippen LogP contribution in [-0.2, 0) is 0 Å². The average Bonchev–Trinajstić information content (AvgIpc) is 3.68. The maximum absolute atomic E-state index is 10.5. The number of hydrazine groups is 1. The summed E-state index contributed by atoms with van der Waals surface area (Å²) in [6.45, 7) is 3.23. The van der Waals surface area contributed by atoms with Crippen molar-refractivity contribution in [2.24, 2.45) is 20.9 Å². The number of nitrogens with zero attached hydrogens (tertiary/aromatic N) is 4. The van der Waals surface area contributed by atoms with E-state index >= 15 is 0 Å². The first-order chi connectivity index (χ1) is 18.4. The number of hydrogen-bond donors (Lipinski definition) is 7. The first kappa shape index (κ1) is 28.5. The number of nitrogens with two attached hydrogens (primary N) is 1. The number of carbonyl (C=O) groups excluding carboxylic acids is 1. The molecule has 8 N–H and O–H groups in total. The molecule has 0 spiro atoms. The average molecular weight is 524 g/mol. The fraction of sp³-hybridized carbons (Fsp3) is 0.273. The molecule has 2 aromatic rings. The van der Waals surface area contributed by atoms with Crippen molar-refractivity contribution in [2.45, 2.75) is 0 Å². The molecule has 0 saturated heterocycles. The first-order valence-corrected chi connectivity index (χ1v) is 11.6. The van der Waals surface area contributed by atoms with Crippen LogP contribution in [0.25, 0.3) is 0 Å². The summed E-state index contributed by atoms with van der Waals surface area (Å²) < 4.78 is 10.0. The van der Waals surface area contributed by atoms with Crippen molar-refractivity contribution < 1.29 is 29.3 Å². The summed E-state index contributed by atoms with van der Waals surface area (Å²) in [5, 5.41) is 38.2. The molecule has 0 amide bonds. The Hall–Kier alpha value is -4.11. The molecule has 0 atom stereocenters. The monoisotopic (exact) mass is 524 g/mol. The van der Waals surface area contributed by atoms with E-state index in [4.69, 9.17) is 25.4 Å². The van der Waals surface area contributed by atoms with Crippen molar-refractivity contribution in [1.82, 2.24) is 21.0 Å². The minimum absolute atomic E-state index is 0.177. The highest BCUT2D eigenvalue weighted by atomic mass is 16.5. The van der Waals surface area contributed by atoms with Gasteiger partial charge in [-0.15, -0.1) is 0 Å². The highest BCUT2D eigenvalue weighted by Crippen LogP contribution is 2.14. The van der Waals surface area contributed by atoms with E-state index in [1.54, 1.807) is 19.4 Å². The zero-order valence-electron chi connectivity index (χ0n) is 21.0. The molecule has 0 radical (unpaired) electrons. The maximum atomic E-state index is 10.5. The van der Waals surface area contributed by atoms with Crippen LogP contribution in [0.1, 0.15) is 15.9 Å². The minimum atomic E-state index is -1.63. The Bertz CT molecular complexity index is 1200. The van der Waals surface area contributed by atoms with Crippen LogP contribution >= 0.6 is 0 Å². The van der Waals surface area contributed by atoms with Gasteiger partial charge >= 0.3 is 14.2 Å². The number of benzene rings is 2. The SMILES string of the molecule is COc1ccc(B(O)O)c(C=O)c1.COc1ccc2c(c1)C=NN(C1=NCCN1)B2O.NNC1=NCCN1. The number of hydrazone groups is 1. The fourth-order valence-corrected chi connectivity index (χ4v) is 3.57. The Labute approximate surface area is 220 Å². The number of nitrogens with one attached hydrogen (secondary N) is 3. The van der Waals surface area contributed by atoms with Crippen LogP contribution in [0.2, 0.25) is 0 Å². The number of aldehydes is 1. The molecule has 0 fully saturated rings. The van der Waals surface area contributed by atoms with E-state index in [9.17, 15) is 9.82 Å². The van der Waals surface area contributed by atoms with Crippen LogP contribution in [0.5, 0.6) is 11.5 Å². The van der Waals surface area contributed by atoms with E-state index in [-0.39, 0.29) is 11.0 Å². The van der Waals surface area contributed by atoms with Gasteiger partial charge in [0.1, 0.15) is 17.8 Å². The lowest BCUT2D eigenvalue weighted by atomic mass is 9.70. The Morgan fingerprint density at radius 1 is 1.08 bits per heavy atom. The maximum Gasteiger partial charge on any atom is 0.489 e. The lowest BCUT2D eigenvalue weighted by molar-refractivity contribution is 0.112. The van der Waals surface area contributed by atoms with Crippen molar-refractivity contribution in [3.8, 4) is 11.5 Å². The van der Waals surface area contributed by atoms with E-state index in [2.05, 4.69) is 31.1 Å². The van der Waals surface area contributed by atoms with Gasteiger partial charge < -0.3 is 35.2 Å². The van der Waals surface area contributed by atoms with Crippen molar-refractivity contribution in [1.29, 1.82) is 0 Å². The molecule has 200 valence electrons. The van der Waals surface area contributed by atoms with Crippen LogP contribution in [0, 0.1) is 0 Å². The molecule has 0 aliphatic carbocycles. The highest BCUT2D eigenvalue weighted by Gasteiger charge is 2.33. The lowest BCUT2D eigenvalue weighted by Crippen LogP contribution is -2.54. The molecule has 0 aromatic heterocycles. The summed E-state index contributed by atoms with van der Waals surface area (Å²) >= 11 is 0. The molecule has 3 aliphatic heterocycles. The van der Waals surface area contributed by atoms with Crippen LogP contribution in [0.15, 0.2) is 51.5 Å². The Morgan fingerprint density at radius 3 is 2.32 bits per heavy atom. The van der Waals surface area contributed by atoms with Crippen LogP contribution in [0.3, 0.4) is 0 Å². The van der Waals surface area contributed by atoms with E-state index in [0.717, 1.165) is 36.4 Å². The van der Waals surface area contributed by atoms with Crippen molar-refractivity contribution in [3.63, 3.8) is 0 Å². The zero-order chi connectivity index (χ0) is 27.5. The third kappa shape index (κ3) is 7.23. The number of carbonyl (C=O) groups is 1. The third-order valence-corrected chi connectivity index (χ3v) is 5.51. The Balaban J connectivity index is 0.000000175. The number of rotatable bonds is 4. The summed E-state index contributed by atoms with van der Waals surface area (Å²) in [7, 11) is 0.631. The summed E-state index contributed by atoms with van der Waals surface area (Å²) in [6.07, 6.45) is 2.25. The molecule has 0 unspecified atom stereocenters. The predicted octanol–water partition coefficient (Wildman–Crippen LogP) is -3.41. The van der Waals surface area contributed by atoms with Crippen molar-refractivity contribution in [3.05, 3.63) is 47.5 Å². The smallest absolute Gasteiger partial charge is 0.489 e. The zero-order valence-corrected chi connectivity index (χ0v) is 21.0. The van der Waals surface area contributed by atoms with Crippen LogP contribution in [0.4, 0.5) is 0 Å². The number of fused-ring (bicyclic) bond motifs is 1. The topological polar surface area (TPSA) is 199 Å².